The normalized spacial score (nSPS) is 13.9. The van der Waals surface area contributed by atoms with Crippen molar-refractivity contribution in [1.82, 2.24) is 10.2 Å². The molecular formula is C18H21Br6N3O3. The maximum Gasteiger partial charge on any atom is 0.254 e. The molecule has 6 nitrogen and oxygen atoms in total. The smallest absolute Gasteiger partial charge is 0.254 e. The van der Waals surface area contributed by atoms with Crippen LogP contribution >= 0.6 is 95.6 Å². The first-order valence-electron chi connectivity index (χ1n) is 8.75. The molecule has 0 saturated carbocycles. The van der Waals surface area contributed by atoms with Gasteiger partial charge in [0.05, 0.1) is 11.1 Å². The predicted molar refractivity (Wildman–Crippen MR) is 143 cm³/mol. The van der Waals surface area contributed by atoms with Crippen molar-refractivity contribution in [3.8, 4) is 0 Å². The van der Waals surface area contributed by atoms with E-state index in [9.17, 15) is 14.4 Å². The number of nitrogens with two attached hydrogens (primary N) is 1. The van der Waals surface area contributed by atoms with Crippen molar-refractivity contribution < 1.29 is 14.4 Å². The molecule has 0 bridgehead atoms. The van der Waals surface area contributed by atoms with E-state index in [2.05, 4.69) is 101 Å². The number of hydrogen-bond donors (Lipinski definition) is 2. The third-order valence-electron chi connectivity index (χ3n) is 3.89. The van der Waals surface area contributed by atoms with Crippen LogP contribution in [0.3, 0.4) is 0 Å². The average molecular weight is 807 g/mol. The number of carbonyl (C=O) groups is 3. The molecule has 168 valence electrons. The molecule has 0 fully saturated rings. The van der Waals surface area contributed by atoms with Gasteiger partial charge in [-0.25, -0.2) is 0 Å². The van der Waals surface area contributed by atoms with E-state index in [0.717, 1.165) is 0 Å². The molecule has 0 aliphatic carbocycles. The number of carbonyl (C=O) groups excluding carboxylic acids is 3. The van der Waals surface area contributed by atoms with E-state index in [0.29, 0.717) is 35.6 Å². The molecule has 0 heterocycles. The Labute approximate surface area is 226 Å². The van der Waals surface area contributed by atoms with Crippen molar-refractivity contribution in [3.05, 3.63) is 34.9 Å². The molecule has 0 saturated heterocycles. The third kappa shape index (κ3) is 9.17. The molecule has 0 aliphatic rings. The van der Waals surface area contributed by atoms with Gasteiger partial charge in [0.2, 0.25) is 5.91 Å². The third-order valence-corrected chi connectivity index (χ3v) is 10.7. The van der Waals surface area contributed by atoms with Crippen LogP contribution in [0.25, 0.3) is 0 Å². The summed E-state index contributed by atoms with van der Waals surface area (Å²) >= 11 is 20.6. The molecule has 0 spiro atoms. The van der Waals surface area contributed by atoms with E-state index >= 15 is 0 Å². The highest BCUT2D eigenvalue weighted by molar-refractivity contribution is 9.12. The predicted octanol–water partition coefficient (Wildman–Crippen LogP) is 4.43. The maximum atomic E-state index is 13.4. The second kappa shape index (κ2) is 14.6. The van der Waals surface area contributed by atoms with Gasteiger partial charge in [0.1, 0.15) is 0 Å². The quantitative estimate of drug-likeness (QED) is 0.307. The van der Waals surface area contributed by atoms with Gasteiger partial charge in [0.25, 0.3) is 11.8 Å². The molecule has 0 aromatic heterocycles. The van der Waals surface area contributed by atoms with Crippen molar-refractivity contribution in [2.24, 2.45) is 5.73 Å². The van der Waals surface area contributed by atoms with Crippen molar-refractivity contribution in [2.75, 3.05) is 35.6 Å². The molecule has 0 aliphatic heterocycles. The van der Waals surface area contributed by atoms with Gasteiger partial charge in [0.15, 0.2) is 0 Å². The number of alkyl halides is 6. The summed E-state index contributed by atoms with van der Waals surface area (Å²) in [6, 6.07) is 4.30. The zero-order valence-electron chi connectivity index (χ0n) is 15.7. The summed E-state index contributed by atoms with van der Waals surface area (Å²) in [6.45, 7) is 1.20. The van der Waals surface area contributed by atoms with E-state index in [4.69, 9.17) is 5.73 Å². The summed E-state index contributed by atoms with van der Waals surface area (Å²) in [5.74, 6) is -1.42. The van der Waals surface area contributed by atoms with E-state index in [1.165, 1.54) is 18.2 Å². The van der Waals surface area contributed by atoms with Gasteiger partial charge in [-0.05, 0) is 18.2 Å². The lowest BCUT2D eigenvalue weighted by Gasteiger charge is -2.27. The number of primary amides is 1. The Balaban J connectivity index is 3.32. The fourth-order valence-corrected chi connectivity index (χ4v) is 3.91. The number of nitrogens with zero attached hydrogens (tertiary/aromatic N) is 1. The summed E-state index contributed by atoms with van der Waals surface area (Å²) in [5, 5.41) is 4.75. The molecule has 1 aromatic carbocycles. The van der Waals surface area contributed by atoms with Crippen LogP contribution in [-0.2, 0) is 0 Å². The van der Waals surface area contributed by atoms with E-state index in [1.54, 1.807) is 4.90 Å². The minimum Gasteiger partial charge on any atom is -0.366 e. The summed E-state index contributed by atoms with van der Waals surface area (Å²) in [6.07, 6.45) is 0. The number of nitrogens with one attached hydrogen (secondary N) is 1. The van der Waals surface area contributed by atoms with Crippen molar-refractivity contribution in [1.29, 1.82) is 0 Å². The minimum absolute atomic E-state index is 0.0150. The van der Waals surface area contributed by atoms with Crippen LogP contribution in [0.5, 0.6) is 0 Å². The van der Waals surface area contributed by atoms with Crippen LogP contribution in [0, 0.1) is 0 Å². The van der Waals surface area contributed by atoms with E-state index < -0.39 is 11.8 Å². The summed E-state index contributed by atoms with van der Waals surface area (Å²) in [7, 11) is 0. The van der Waals surface area contributed by atoms with E-state index in [1.807, 2.05) is 0 Å². The largest absolute Gasteiger partial charge is 0.366 e. The SMILES string of the molecule is NC(=O)c1ccc(C(=O)NCC(Br)CBr)c(C(=O)N(CC(Br)CBr)CC(Br)CBr)c1. The molecule has 0 radical (unpaired) electrons. The van der Waals surface area contributed by atoms with E-state index in [-0.39, 0.29) is 37.1 Å². The Bertz CT molecular complexity index is 740. The highest BCUT2D eigenvalue weighted by Gasteiger charge is 2.26. The molecular weight excluding hydrogens is 786 g/mol. The number of amides is 3. The molecule has 3 N–H and O–H groups in total. The molecule has 12 heteroatoms. The van der Waals surface area contributed by atoms with Gasteiger partial charge >= 0.3 is 0 Å². The molecule has 3 atom stereocenters. The molecule has 3 amide bonds. The highest BCUT2D eigenvalue weighted by Crippen LogP contribution is 2.19. The minimum atomic E-state index is -0.667. The molecule has 1 aromatic rings. The van der Waals surface area contributed by atoms with Crippen LogP contribution in [0.2, 0.25) is 0 Å². The van der Waals surface area contributed by atoms with Crippen LogP contribution in [-0.4, -0.2) is 72.7 Å². The standard InChI is InChI=1S/C18H21Br6N3O3/c19-4-11(22)7-26-17(29)14-2-1-10(16(25)28)3-15(14)18(30)27(8-12(23)5-20)9-13(24)6-21/h1-3,11-13H,4-9H2,(H2,25,28)(H,26,29). The maximum absolute atomic E-state index is 13.4. The molecule has 30 heavy (non-hydrogen) atoms. The number of hydrogen-bond acceptors (Lipinski definition) is 3. The first-order valence-corrected chi connectivity index (χ1v) is 14.9. The van der Waals surface area contributed by atoms with Gasteiger partial charge in [-0.15, -0.1) is 0 Å². The average Bonchev–Trinajstić information content (AvgIpc) is 2.75. The van der Waals surface area contributed by atoms with Crippen molar-refractivity contribution >= 4 is 113 Å². The topological polar surface area (TPSA) is 92.5 Å². The number of rotatable bonds is 12. The summed E-state index contributed by atoms with van der Waals surface area (Å²) < 4.78 is 0. The summed E-state index contributed by atoms with van der Waals surface area (Å²) in [5.41, 5.74) is 5.90. The lowest BCUT2D eigenvalue weighted by Crippen LogP contribution is -2.41. The van der Waals surface area contributed by atoms with Crippen LogP contribution < -0.4 is 11.1 Å². The first kappa shape index (κ1) is 28.5. The van der Waals surface area contributed by atoms with Crippen LogP contribution in [0.15, 0.2) is 18.2 Å². The van der Waals surface area contributed by atoms with Gasteiger partial charge in [-0.2, -0.15) is 0 Å². The Hall–Kier alpha value is 0.510. The van der Waals surface area contributed by atoms with Crippen LogP contribution in [0.4, 0.5) is 0 Å². The van der Waals surface area contributed by atoms with Gasteiger partial charge in [-0.3, -0.25) is 14.4 Å². The summed E-state index contributed by atoms with van der Waals surface area (Å²) in [4.78, 5) is 39.6. The second-order valence-electron chi connectivity index (χ2n) is 6.30. The zero-order valence-corrected chi connectivity index (χ0v) is 25.2. The highest BCUT2D eigenvalue weighted by atomic mass is 79.9. The lowest BCUT2D eigenvalue weighted by atomic mass is 10.0. The Morgan fingerprint density at radius 2 is 1.43 bits per heavy atom. The van der Waals surface area contributed by atoms with Gasteiger partial charge in [0, 0.05) is 55.7 Å². The molecule has 1 rings (SSSR count). The molecule has 3 unspecified atom stereocenters. The Morgan fingerprint density at radius 3 is 1.90 bits per heavy atom. The Morgan fingerprint density at radius 1 is 0.900 bits per heavy atom. The fraction of sp³-hybridized carbons (Fsp3) is 0.500. The number of halogens is 6. The Kier molecular flexibility index (Phi) is 13.9. The monoisotopic (exact) mass is 801 g/mol. The van der Waals surface area contributed by atoms with Crippen molar-refractivity contribution in [3.63, 3.8) is 0 Å². The number of benzene rings is 1. The lowest BCUT2D eigenvalue weighted by molar-refractivity contribution is 0.0755. The second-order valence-corrected chi connectivity index (χ2v) is 12.1. The van der Waals surface area contributed by atoms with Gasteiger partial charge < -0.3 is 16.0 Å². The fourth-order valence-electron chi connectivity index (χ4n) is 2.41. The van der Waals surface area contributed by atoms with Crippen molar-refractivity contribution in [2.45, 2.75) is 14.5 Å². The zero-order chi connectivity index (χ0) is 22.8. The van der Waals surface area contributed by atoms with Gasteiger partial charge in [-0.1, -0.05) is 95.6 Å². The first-order chi connectivity index (χ1) is 14.1. The van der Waals surface area contributed by atoms with Crippen LogP contribution in [0.1, 0.15) is 31.1 Å².